The SMILES string of the molecule is CCCOC(CC1=CCC=C1)c1ccccc1. The average Bonchev–Trinajstić information content (AvgIpc) is 2.88. The molecule has 0 fully saturated rings. The molecule has 1 aromatic rings. The standard InChI is InChI=1S/C16H20O/c1-2-12-17-16(13-14-8-6-7-9-14)15-10-4-3-5-11-15/h3-6,8-11,16H,2,7,12-13H2,1H3. The van der Waals surface area contributed by atoms with Crippen LogP contribution in [-0.4, -0.2) is 6.61 Å². The topological polar surface area (TPSA) is 9.23 Å². The second-order valence-electron chi connectivity index (χ2n) is 4.39. The number of hydrogen-bond donors (Lipinski definition) is 0. The molecule has 1 heteroatoms. The number of hydrogen-bond acceptors (Lipinski definition) is 1. The third-order valence-corrected chi connectivity index (χ3v) is 2.96. The van der Waals surface area contributed by atoms with Gasteiger partial charge in [0, 0.05) is 13.0 Å². The van der Waals surface area contributed by atoms with Crippen LogP contribution in [0.4, 0.5) is 0 Å². The molecular weight excluding hydrogens is 208 g/mol. The van der Waals surface area contributed by atoms with Gasteiger partial charge < -0.3 is 4.74 Å². The first-order valence-corrected chi connectivity index (χ1v) is 6.42. The maximum Gasteiger partial charge on any atom is 0.0865 e. The first-order valence-electron chi connectivity index (χ1n) is 6.42. The minimum absolute atomic E-state index is 0.199. The number of ether oxygens (including phenoxy) is 1. The lowest BCUT2D eigenvalue weighted by molar-refractivity contribution is 0.0539. The van der Waals surface area contributed by atoms with E-state index in [0.29, 0.717) is 0 Å². The minimum atomic E-state index is 0.199. The van der Waals surface area contributed by atoms with Crippen molar-refractivity contribution in [1.29, 1.82) is 0 Å². The monoisotopic (exact) mass is 228 g/mol. The Kier molecular flexibility index (Phi) is 4.57. The van der Waals surface area contributed by atoms with Gasteiger partial charge in [0.2, 0.25) is 0 Å². The summed E-state index contributed by atoms with van der Waals surface area (Å²) in [6.07, 6.45) is 10.0. The Morgan fingerprint density at radius 2 is 2.06 bits per heavy atom. The Labute approximate surface area is 104 Å². The largest absolute Gasteiger partial charge is 0.373 e. The van der Waals surface area contributed by atoms with Crippen LogP contribution in [0.2, 0.25) is 0 Å². The van der Waals surface area contributed by atoms with E-state index in [4.69, 9.17) is 4.74 Å². The number of rotatable bonds is 6. The molecule has 0 spiro atoms. The first kappa shape index (κ1) is 12.1. The third-order valence-electron chi connectivity index (χ3n) is 2.96. The zero-order valence-corrected chi connectivity index (χ0v) is 10.4. The molecule has 1 aliphatic rings. The van der Waals surface area contributed by atoms with Crippen molar-refractivity contribution < 1.29 is 4.74 Å². The van der Waals surface area contributed by atoms with Gasteiger partial charge in [-0.25, -0.2) is 0 Å². The molecule has 17 heavy (non-hydrogen) atoms. The van der Waals surface area contributed by atoms with Gasteiger partial charge in [-0.2, -0.15) is 0 Å². The van der Waals surface area contributed by atoms with Crippen molar-refractivity contribution >= 4 is 0 Å². The zero-order valence-electron chi connectivity index (χ0n) is 10.4. The van der Waals surface area contributed by atoms with E-state index in [1.54, 1.807) is 0 Å². The van der Waals surface area contributed by atoms with Crippen molar-refractivity contribution in [2.45, 2.75) is 32.3 Å². The molecule has 0 saturated carbocycles. The summed E-state index contributed by atoms with van der Waals surface area (Å²) in [4.78, 5) is 0. The molecule has 90 valence electrons. The quantitative estimate of drug-likeness (QED) is 0.700. The Hall–Kier alpha value is -1.34. The molecule has 0 bridgehead atoms. The lowest BCUT2D eigenvalue weighted by atomic mass is 10.0. The van der Waals surface area contributed by atoms with Crippen molar-refractivity contribution in [3.05, 3.63) is 59.7 Å². The minimum Gasteiger partial charge on any atom is -0.373 e. The summed E-state index contributed by atoms with van der Waals surface area (Å²) in [6, 6.07) is 10.5. The molecule has 1 atom stereocenters. The molecule has 1 nitrogen and oxygen atoms in total. The van der Waals surface area contributed by atoms with E-state index in [0.717, 1.165) is 25.9 Å². The summed E-state index contributed by atoms with van der Waals surface area (Å²) in [5.41, 5.74) is 2.68. The van der Waals surface area contributed by atoms with Gasteiger partial charge in [-0.1, -0.05) is 55.5 Å². The summed E-state index contributed by atoms with van der Waals surface area (Å²) in [7, 11) is 0. The van der Waals surface area contributed by atoms with Gasteiger partial charge in [0.05, 0.1) is 6.10 Å². The van der Waals surface area contributed by atoms with Gasteiger partial charge in [-0.3, -0.25) is 0 Å². The van der Waals surface area contributed by atoms with Gasteiger partial charge >= 0.3 is 0 Å². The van der Waals surface area contributed by atoms with Crippen molar-refractivity contribution in [1.82, 2.24) is 0 Å². The van der Waals surface area contributed by atoms with Gasteiger partial charge in [0.25, 0.3) is 0 Å². The highest BCUT2D eigenvalue weighted by Gasteiger charge is 2.13. The van der Waals surface area contributed by atoms with Crippen LogP contribution in [0.1, 0.15) is 37.9 Å². The van der Waals surface area contributed by atoms with Crippen LogP contribution >= 0.6 is 0 Å². The van der Waals surface area contributed by atoms with Crippen LogP contribution in [0.3, 0.4) is 0 Å². The second-order valence-corrected chi connectivity index (χ2v) is 4.39. The Balaban J connectivity index is 2.05. The van der Waals surface area contributed by atoms with E-state index in [1.807, 2.05) is 0 Å². The van der Waals surface area contributed by atoms with Crippen LogP contribution < -0.4 is 0 Å². The normalized spacial score (nSPS) is 15.9. The summed E-state index contributed by atoms with van der Waals surface area (Å²) in [6.45, 7) is 2.98. The molecule has 0 saturated heterocycles. The summed E-state index contributed by atoms with van der Waals surface area (Å²) < 4.78 is 5.96. The van der Waals surface area contributed by atoms with E-state index >= 15 is 0 Å². The molecule has 0 aromatic heterocycles. The maximum absolute atomic E-state index is 5.96. The van der Waals surface area contributed by atoms with Crippen LogP contribution in [0.15, 0.2) is 54.1 Å². The molecule has 0 heterocycles. The lowest BCUT2D eigenvalue weighted by Crippen LogP contribution is -2.06. The fraction of sp³-hybridized carbons (Fsp3) is 0.375. The maximum atomic E-state index is 5.96. The molecule has 0 radical (unpaired) electrons. The van der Waals surface area contributed by atoms with Gasteiger partial charge in [-0.05, 0) is 24.0 Å². The lowest BCUT2D eigenvalue weighted by Gasteiger charge is -2.18. The van der Waals surface area contributed by atoms with Crippen molar-refractivity contribution in [2.75, 3.05) is 6.61 Å². The van der Waals surface area contributed by atoms with E-state index in [9.17, 15) is 0 Å². The van der Waals surface area contributed by atoms with Crippen molar-refractivity contribution in [3.63, 3.8) is 0 Å². The van der Waals surface area contributed by atoms with E-state index in [2.05, 4.69) is 55.5 Å². The van der Waals surface area contributed by atoms with Crippen LogP contribution in [-0.2, 0) is 4.74 Å². The highest BCUT2D eigenvalue weighted by Crippen LogP contribution is 2.27. The van der Waals surface area contributed by atoms with Crippen LogP contribution in [0.5, 0.6) is 0 Å². The molecule has 1 aliphatic carbocycles. The van der Waals surface area contributed by atoms with E-state index in [-0.39, 0.29) is 6.10 Å². The van der Waals surface area contributed by atoms with Crippen molar-refractivity contribution in [2.24, 2.45) is 0 Å². The fourth-order valence-corrected chi connectivity index (χ4v) is 2.07. The molecule has 1 unspecified atom stereocenters. The summed E-state index contributed by atoms with van der Waals surface area (Å²) in [5.74, 6) is 0. The number of benzene rings is 1. The molecule has 1 aromatic carbocycles. The van der Waals surface area contributed by atoms with Crippen LogP contribution in [0, 0.1) is 0 Å². The zero-order chi connectivity index (χ0) is 11.9. The highest BCUT2D eigenvalue weighted by atomic mass is 16.5. The summed E-state index contributed by atoms with van der Waals surface area (Å²) in [5, 5.41) is 0. The smallest absolute Gasteiger partial charge is 0.0865 e. The second kappa shape index (κ2) is 6.41. The van der Waals surface area contributed by atoms with E-state index in [1.165, 1.54) is 11.1 Å². The third kappa shape index (κ3) is 3.57. The first-order chi connectivity index (χ1) is 8.40. The van der Waals surface area contributed by atoms with Gasteiger partial charge in [0.15, 0.2) is 0 Å². The number of allylic oxidation sites excluding steroid dienone is 3. The molecule has 2 rings (SSSR count). The Bertz CT molecular complexity index is 389. The average molecular weight is 228 g/mol. The molecule has 0 amide bonds. The molecular formula is C16H20O. The Morgan fingerprint density at radius 3 is 2.71 bits per heavy atom. The van der Waals surface area contributed by atoms with Crippen molar-refractivity contribution in [3.8, 4) is 0 Å². The molecule has 0 N–H and O–H groups in total. The van der Waals surface area contributed by atoms with Gasteiger partial charge in [-0.15, -0.1) is 0 Å². The van der Waals surface area contributed by atoms with E-state index < -0.39 is 0 Å². The highest BCUT2D eigenvalue weighted by molar-refractivity contribution is 5.29. The van der Waals surface area contributed by atoms with Crippen LogP contribution in [0.25, 0.3) is 0 Å². The predicted octanol–water partition coefficient (Wildman–Crippen LogP) is 4.43. The predicted molar refractivity (Wildman–Crippen MR) is 71.9 cm³/mol. The Morgan fingerprint density at radius 1 is 1.24 bits per heavy atom. The fourth-order valence-electron chi connectivity index (χ4n) is 2.07. The summed E-state index contributed by atoms with van der Waals surface area (Å²) >= 11 is 0. The van der Waals surface area contributed by atoms with Gasteiger partial charge in [0.1, 0.15) is 0 Å². The molecule has 0 aliphatic heterocycles.